The van der Waals surface area contributed by atoms with Crippen LogP contribution in [-0.2, 0) is 16.0 Å². The van der Waals surface area contributed by atoms with Gasteiger partial charge in [-0.25, -0.2) is 0 Å². The molecule has 3 heterocycles. The highest BCUT2D eigenvalue weighted by Gasteiger charge is 2.48. The monoisotopic (exact) mass is 465 g/mol. The average Bonchev–Trinajstić information content (AvgIpc) is 3.13. The second-order valence-corrected chi connectivity index (χ2v) is 9.18. The molecule has 1 fully saturated rings. The van der Waals surface area contributed by atoms with Gasteiger partial charge in [0.2, 0.25) is 11.8 Å². The van der Waals surface area contributed by atoms with Crippen molar-refractivity contribution in [1.82, 2.24) is 14.8 Å². The number of piperazine rings is 1. The number of hydrogen-bond acceptors (Lipinski definition) is 2. The van der Waals surface area contributed by atoms with E-state index in [2.05, 4.69) is 40.0 Å². The number of aromatic nitrogens is 1. The van der Waals surface area contributed by atoms with Crippen molar-refractivity contribution >= 4 is 38.6 Å². The second kappa shape index (κ2) is 7.27. The van der Waals surface area contributed by atoms with E-state index in [0.717, 1.165) is 38.6 Å². The maximum Gasteiger partial charge on any atom is 0.246 e. The summed E-state index contributed by atoms with van der Waals surface area (Å²) in [5.74, 6) is 0.0686. The van der Waals surface area contributed by atoms with Gasteiger partial charge in [-0.05, 0) is 42.7 Å². The smallest absolute Gasteiger partial charge is 0.246 e. The normalized spacial score (nSPS) is 22.2. The zero-order valence-electron chi connectivity index (χ0n) is 17.1. The molecule has 2 aromatic carbocycles. The number of benzene rings is 2. The molecule has 2 unspecified atom stereocenters. The van der Waals surface area contributed by atoms with E-state index >= 15 is 0 Å². The van der Waals surface area contributed by atoms with Crippen LogP contribution in [0.25, 0.3) is 10.9 Å². The minimum Gasteiger partial charge on any atom is -0.356 e. The first-order valence-electron chi connectivity index (χ1n) is 10.5. The summed E-state index contributed by atoms with van der Waals surface area (Å²) in [5, 5.41) is 1.13. The number of nitrogens with one attached hydrogen (secondary N) is 1. The van der Waals surface area contributed by atoms with Gasteiger partial charge in [-0.3, -0.25) is 9.59 Å². The molecule has 1 N–H and O–H groups in total. The molecule has 0 radical (unpaired) electrons. The number of carbonyl (C=O) groups is 2. The van der Waals surface area contributed by atoms with Gasteiger partial charge in [0.25, 0.3) is 0 Å². The van der Waals surface area contributed by atoms with Gasteiger partial charge in [0.1, 0.15) is 12.6 Å². The molecule has 2 aliphatic heterocycles. The molecule has 30 heavy (non-hydrogen) atoms. The number of amides is 2. The SMILES string of the molecule is CCC(C)N1CC(=O)N2C(c3ccc(Br)cc3)c3[nH]c4ccccc4c3C[C@H]2C1=O. The second-order valence-electron chi connectivity index (χ2n) is 8.26. The Balaban J connectivity index is 1.70. The van der Waals surface area contributed by atoms with Gasteiger partial charge >= 0.3 is 0 Å². The van der Waals surface area contributed by atoms with E-state index in [1.807, 2.05) is 48.2 Å². The summed E-state index contributed by atoms with van der Waals surface area (Å²) < 4.78 is 0.986. The van der Waals surface area contributed by atoms with Crippen molar-refractivity contribution in [1.29, 1.82) is 0 Å². The molecule has 1 aromatic heterocycles. The van der Waals surface area contributed by atoms with Crippen molar-refractivity contribution in [3.8, 4) is 0 Å². The molecule has 5 nitrogen and oxygen atoms in total. The number of halogens is 1. The summed E-state index contributed by atoms with van der Waals surface area (Å²) in [6.07, 6.45) is 1.38. The topological polar surface area (TPSA) is 56.4 Å². The van der Waals surface area contributed by atoms with E-state index in [9.17, 15) is 9.59 Å². The number of hydrogen-bond donors (Lipinski definition) is 1. The van der Waals surface area contributed by atoms with Gasteiger partial charge in [0.15, 0.2) is 0 Å². The predicted octanol–water partition coefficient (Wildman–Crippen LogP) is 4.41. The standard InChI is InChI=1S/C24H24BrN3O2/c1-3-14(2)27-13-21(29)28-20(24(27)30)12-18-17-6-4-5-7-19(17)26-22(18)23(28)15-8-10-16(25)11-9-15/h4-11,14,20,23,26H,3,12-13H2,1-2H3/t14?,20-,23?/m0/s1. The number of rotatable bonds is 3. The third-order valence-electron chi connectivity index (χ3n) is 6.60. The molecule has 2 aliphatic rings. The summed E-state index contributed by atoms with van der Waals surface area (Å²) in [5.41, 5.74) is 4.22. The van der Waals surface area contributed by atoms with Gasteiger partial charge in [-0.1, -0.05) is 53.2 Å². The maximum atomic E-state index is 13.5. The Morgan fingerprint density at radius 2 is 1.87 bits per heavy atom. The Morgan fingerprint density at radius 1 is 1.13 bits per heavy atom. The molecule has 154 valence electrons. The Bertz CT molecular complexity index is 1140. The van der Waals surface area contributed by atoms with Crippen molar-refractivity contribution in [3.63, 3.8) is 0 Å². The molecule has 3 atom stereocenters. The quantitative estimate of drug-likeness (QED) is 0.622. The Kier molecular flexibility index (Phi) is 4.69. The van der Waals surface area contributed by atoms with E-state index in [-0.39, 0.29) is 30.4 Å². The fourth-order valence-corrected chi connectivity index (χ4v) is 5.14. The lowest BCUT2D eigenvalue weighted by atomic mass is 9.86. The molecule has 2 amide bonds. The predicted molar refractivity (Wildman–Crippen MR) is 120 cm³/mol. The first-order valence-corrected chi connectivity index (χ1v) is 11.3. The van der Waals surface area contributed by atoms with Crippen LogP contribution < -0.4 is 0 Å². The lowest BCUT2D eigenvalue weighted by molar-refractivity contribution is -0.160. The third kappa shape index (κ3) is 2.88. The first-order chi connectivity index (χ1) is 14.5. The molecule has 0 bridgehead atoms. The lowest BCUT2D eigenvalue weighted by Gasteiger charge is -2.48. The van der Waals surface area contributed by atoms with Gasteiger partial charge in [0, 0.05) is 33.5 Å². The Hall–Kier alpha value is -2.60. The molecular weight excluding hydrogens is 442 g/mol. The number of carbonyl (C=O) groups excluding carboxylic acids is 2. The molecule has 0 spiro atoms. The van der Waals surface area contributed by atoms with Crippen LogP contribution in [0.3, 0.4) is 0 Å². The van der Waals surface area contributed by atoms with Crippen molar-refractivity contribution in [2.75, 3.05) is 6.54 Å². The van der Waals surface area contributed by atoms with E-state index in [4.69, 9.17) is 0 Å². The van der Waals surface area contributed by atoms with Crippen molar-refractivity contribution in [3.05, 3.63) is 69.8 Å². The van der Waals surface area contributed by atoms with E-state index in [0.29, 0.717) is 6.42 Å². The van der Waals surface area contributed by atoms with Crippen LogP contribution in [0.5, 0.6) is 0 Å². The molecular formula is C24H24BrN3O2. The molecule has 0 saturated carbocycles. The summed E-state index contributed by atoms with van der Waals surface area (Å²) >= 11 is 3.50. The third-order valence-corrected chi connectivity index (χ3v) is 7.13. The summed E-state index contributed by atoms with van der Waals surface area (Å²) in [4.78, 5) is 34.1. The highest BCUT2D eigenvalue weighted by atomic mass is 79.9. The summed E-state index contributed by atoms with van der Waals surface area (Å²) in [6.45, 7) is 4.22. The molecule has 0 aliphatic carbocycles. The number of H-pyrrole nitrogens is 1. The summed E-state index contributed by atoms with van der Waals surface area (Å²) in [6, 6.07) is 15.5. The van der Waals surface area contributed by atoms with Gasteiger partial charge < -0.3 is 14.8 Å². The van der Waals surface area contributed by atoms with Crippen LogP contribution in [0.15, 0.2) is 53.0 Å². The van der Waals surface area contributed by atoms with E-state index in [1.54, 1.807) is 4.90 Å². The molecule has 5 rings (SSSR count). The minimum atomic E-state index is -0.472. The average molecular weight is 466 g/mol. The van der Waals surface area contributed by atoms with Crippen LogP contribution in [0, 0.1) is 0 Å². The largest absolute Gasteiger partial charge is 0.356 e. The first kappa shape index (κ1) is 19.4. The Labute approximate surface area is 184 Å². The fourth-order valence-electron chi connectivity index (χ4n) is 4.87. The van der Waals surface area contributed by atoms with Crippen molar-refractivity contribution in [2.45, 2.75) is 44.8 Å². The lowest BCUT2D eigenvalue weighted by Crippen LogP contribution is -2.64. The van der Waals surface area contributed by atoms with Crippen LogP contribution >= 0.6 is 15.9 Å². The van der Waals surface area contributed by atoms with Crippen molar-refractivity contribution in [2.24, 2.45) is 0 Å². The molecule has 3 aromatic rings. The number of fused-ring (bicyclic) bond motifs is 4. The number of para-hydroxylation sites is 1. The van der Waals surface area contributed by atoms with Gasteiger partial charge in [-0.15, -0.1) is 0 Å². The van der Waals surface area contributed by atoms with Crippen LogP contribution in [0.1, 0.15) is 43.1 Å². The van der Waals surface area contributed by atoms with Crippen LogP contribution in [0.4, 0.5) is 0 Å². The van der Waals surface area contributed by atoms with E-state index in [1.165, 1.54) is 0 Å². The minimum absolute atomic E-state index is 0.0112. The van der Waals surface area contributed by atoms with Crippen LogP contribution in [-0.4, -0.2) is 45.2 Å². The Morgan fingerprint density at radius 3 is 2.60 bits per heavy atom. The molecule has 1 saturated heterocycles. The highest BCUT2D eigenvalue weighted by Crippen LogP contribution is 2.42. The van der Waals surface area contributed by atoms with Gasteiger partial charge in [-0.2, -0.15) is 0 Å². The number of aromatic amines is 1. The fraction of sp³-hybridized carbons (Fsp3) is 0.333. The summed E-state index contributed by atoms with van der Waals surface area (Å²) in [7, 11) is 0. The number of nitrogens with zero attached hydrogens (tertiary/aromatic N) is 2. The molecule has 6 heteroatoms. The van der Waals surface area contributed by atoms with Crippen molar-refractivity contribution < 1.29 is 9.59 Å². The van der Waals surface area contributed by atoms with Gasteiger partial charge in [0.05, 0.1) is 6.04 Å². The van der Waals surface area contributed by atoms with Crippen LogP contribution in [0.2, 0.25) is 0 Å². The maximum absolute atomic E-state index is 13.5. The van der Waals surface area contributed by atoms with E-state index < -0.39 is 6.04 Å². The highest BCUT2D eigenvalue weighted by molar-refractivity contribution is 9.10. The zero-order valence-corrected chi connectivity index (χ0v) is 18.6. The zero-order chi connectivity index (χ0) is 21.0.